The van der Waals surface area contributed by atoms with Crippen LogP contribution in [0, 0.1) is 0 Å². The Hall–Kier alpha value is -5.24. The lowest BCUT2D eigenvalue weighted by atomic mass is 9.77. The molecule has 4 aromatic carbocycles. The van der Waals surface area contributed by atoms with Gasteiger partial charge in [0.05, 0.1) is 17.7 Å². The molecule has 0 aliphatic carbocycles. The van der Waals surface area contributed by atoms with Crippen molar-refractivity contribution in [2.75, 3.05) is 6.61 Å². The van der Waals surface area contributed by atoms with Gasteiger partial charge in [-0.3, -0.25) is 9.59 Å². The zero-order valence-electron chi connectivity index (χ0n) is 25.0. The van der Waals surface area contributed by atoms with Gasteiger partial charge in [0.1, 0.15) is 22.8 Å². The van der Waals surface area contributed by atoms with Crippen LogP contribution < -0.4 is 9.47 Å². The van der Waals surface area contributed by atoms with E-state index in [2.05, 4.69) is 0 Å². The third-order valence-electron chi connectivity index (χ3n) is 7.54. The Morgan fingerprint density at radius 1 is 0.750 bits per heavy atom. The normalized spacial score (nSPS) is 16.2. The van der Waals surface area contributed by atoms with Gasteiger partial charge in [0, 0.05) is 39.4 Å². The lowest BCUT2D eigenvalue weighted by Crippen LogP contribution is -2.33. The second-order valence-corrected chi connectivity index (χ2v) is 11.7. The van der Waals surface area contributed by atoms with E-state index in [4.69, 9.17) is 18.9 Å². The van der Waals surface area contributed by atoms with Crippen molar-refractivity contribution in [2.45, 2.75) is 45.8 Å². The summed E-state index contributed by atoms with van der Waals surface area (Å²) in [6.07, 6.45) is 0. The van der Waals surface area contributed by atoms with Crippen LogP contribution >= 0.6 is 0 Å². The molecule has 1 atom stereocenters. The van der Waals surface area contributed by atoms with Crippen LogP contribution in [0.2, 0.25) is 0 Å². The van der Waals surface area contributed by atoms with Gasteiger partial charge in [-0.25, -0.2) is 9.59 Å². The van der Waals surface area contributed by atoms with Crippen LogP contribution in [-0.2, 0) is 15.1 Å². The summed E-state index contributed by atoms with van der Waals surface area (Å²) in [5.74, 6) is -0.153. The van der Waals surface area contributed by atoms with E-state index in [0.29, 0.717) is 57.2 Å². The molecule has 2 aliphatic heterocycles. The fourth-order valence-corrected chi connectivity index (χ4v) is 5.59. The summed E-state index contributed by atoms with van der Waals surface area (Å²) < 4.78 is 23.6. The van der Waals surface area contributed by atoms with Gasteiger partial charge in [-0.2, -0.15) is 0 Å². The minimum atomic E-state index is -1.37. The van der Waals surface area contributed by atoms with Crippen LogP contribution in [-0.4, -0.2) is 35.7 Å². The number of hydrogen-bond acceptors (Lipinski definition) is 8. The van der Waals surface area contributed by atoms with Crippen molar-refractivity contribution < 1.29 is 38.1 Å². The van der Waals surface area contributed by atoms with Gasteiger partial charge in [0.15, 0.2) is 17.2 Å². The quantitative estimate of drug-likeness (QED) is 0.174. The molecule has 0 amide bonds. The van der Waals surface area contributed by atoms with E-state index in [0.717, 1.165) is 0 Å². The molecule has 2 heterocycles. The molecule has 0 saturated heterocycles. The second-order valence-electron chi connectivity index (χ2n) is 11.7. The fraction of sp³-hybridized carbons (Fsp3) is 0.222. The van der Waals surface area contributed by atoms with Crippen molar-refractivity contribution in [3.05, 3.63) is 123 Å². The van der Waals surface area contributed by atoms with Gasteiger partial charge in [-0.1, -0.05) is 30.3 Å². The third-order valence-corrected chi connectivity index (χ3v) is 7.54. The minimum Gasteiger partial charge on any atom is -0.494 e. The highest BCUT2D eigenvalue weighted by molar-refractivity contribution is 6.11. The van der Waals surface area contributed by atoms with Crippen LogP contribution in [0.5, 0.6) is 17.2 Å². The van der Waals surface area contributed by atoms with Gasteiger partial charge in [-0.15, -0.1) is 0 Å². The Kier molecular flexibility index (Phi) is 6.88. The van der Waals surface area contributed by atoms with Crippen LogP contribution in [0.1, 0.15) is 98.3 Å². The van der Waals surface area contributed by atoms with Crippen molar-refractivity contribution in [1.29, 1.82) is 0 Å². The molecule has 2 aliphatic rings. The van der Waals surface area contributed by atoms with Gasteiger partial charge >= 0.3 is 11.9 Å². The summed E-state index contributed by atoms with van der Waals surface area (Å²) in [5.41, 5.74) is 1.33. The Labute approximate surface area is 254 Å². The largest absolute Gasteiger partial charge is 0.494 e. The zero-order chi connectivity index (χ0) is 31.4. The van der Waals surface area contributed by atoms with Crippen molar-refractivity contribution in [3.63, 3.8) is 0 Å². The maximum absolute atomic E-state index is 13.5. The highest BCUT2D eigenvalue weighted by Crippen LogP contribution is 2.56. The Morgan fingerprint density at radius 3 is 2.00 bits per heavy atom. The highest BCUT2D eigenvalue weighted by atomic mass is 16.6. The number of esters is 2. The monoisotopic (exact) mass is 590 g/mol. The molecule has 6 rings (SSSR count). The molecule has 0 aromatic heterocycles. The first kappa shape index (κ1) is 28.9. The molecule has 222 valence electrons. The molecule has 0 radical (unpaired) electrons. The average molecular weight is 591 g/mol. The number of Topliss-reactive ketones (excluding diaryl/α,β-unsaturated/α-hetero) is 1. The van der Waals surface area contributed by atoms with Crippen LogP contribution in [0.4, 0.5) is 0 Å². The number of carbonyl (C=O) groups excluding carboxylic acids is 4. The summed E-state index contributed by atoms with van der Waals surface area (Å²) in [6.45, 7) is 9.14. The number of carbonyl (C=O) groups is 4. The van der Waals surface area contributed by atoms with E-state index < -0.39 is 23.1 Å². The number of ketones is 2. The van der Waals surface area contributed by atoms with Crippen LogP contribution in [0.25, 0.3) is 0 Å². The molecule has 1 unspecified atom stereocenters. The van der Waals surface area contributed by atoms with E-state index in [1.165, 1.54) is 13.0 Å². The SMILES string of the molecule is CCOc1ccc2c(c1)Oc1cc(C(C)=O)ccc1C21OC(=O)c2cc(C(=O)c3ccc(C(=O)OC(C)(C)C)cc3)ccc21. The molecule has 8 nitrogen and oxygen atoms in total. The van der Waals surface area contributed by atoms with Crippen LogP contribution in [0.3, 0.4) is 0 Å². The molecule has 44 heavy (non-hydrogen) atoms. The fourth-order valence-electron chi connectivity index (χ4n) is 5.59. The molecule has 0 fully saturated rings. The Morgan fingerprint density at radius 2 is 1.34 bits per heavy atom. The molecule has 0 saturated carbocycles. The number of hydrogen-bond donors (Lipinski definition) is 0. The molecule has 8 heteroatoms. The molecule has 0 N–H and O–H groups in total. The maximum atomic E-state index is 13.5. The van der Waals surface area contributed by atoms with E-state index in [1.54, 1.807) is 93.6 Å². The van der Waals surface area contributed by atoms with E-state index in [-0.39, 0.29) is 22.7 Å². The van der Waals surface area contributed by atoms with Gasteiger partial charge in [0.2, 0.25) is 0 Å². The zero-order valence-corrected chi connectivity index (χ0v) is 25.0. The van der Waals surface area contributed by atoms with Gasteiger partial charge < -0.3 is 18.9 Å². The lowest BCUT2D eigenvalue weighted by Gasteiger charge is -2.36. The van der Waals surface area contributed by atoms with Crippen molar-refractivity contribution in [2.24, 2.45) is 0 Å². The van der Waals surface area contributed by atoms with Crippen molar-refractivity contribution >= 4 is 23.5 Å². The lowest BCUT2D eigenvalue weighted by molar-refractivity contribution is 0.00684. The van der Waals surface area contributed by atoms with E-state index >= 15 is 0 Å². The minimum absolute atomic E-state index is 0.134. The van der Waals surface area contributed by atoms with Gasteiger partial charge in [0.25, 0.3) is 0 Å². The number of benzene rings is 4. The topological polar surface area (TPSA) is 105 Å². The molecule has 4 aromatic rings. The standard InChI is InChI=1S/C36H30O8/c1-6-41-25-13-16-29-31(19-25)42-30-18-23(20(2)37)11-15-28(30)36(29)27-14-12-24(17-26(27)34(40)44-36)32(38)21-7-9-22(10-8-21)33(39)43-35(3,4)5/h7-19H,6H2,1-5H3. The molecular weight excluding hydrogens is 560 g/mol. The molecule has 1 spiro atoms. The number of ether oxygens (including phenoxy) is 4. The molecule has 0 bridgehead atoms. The Balaban J connectivity index is 1.42. The molecular formula is C36H30O8. The second kappa shape index (κ2) is 10.5. The summed E-state index contributed by atoms with van der Waals surface area (Å²) in [7, 11) is 0. The predicted molar refractivity (Wildman–Crippen MR) is 161 cm³/mol. The maximum Gasteiger partial charge on any atom is 0.340 e. The average Bonchev–Trinajstić information content (AvgIpc) is 3.27. The van der Waals surface area contributed by atoms with Crippen molar-refractivity contribution in [3.8, 4) is 17.2 Å². The number of rotatable bonds is 6. The third kappa shape index (κ3) is 4.82. The van der Waals surface area contributed by atoms with E-state index in [9.17, 15) is 19.2 Å². The van der Waals surface area contributed by atoms with Crippen LogP contribution in [0.15, 0.2) is 78.9 Å². The summed E-state index contributed by atoms with van der Waals surface area (Å²) in [6, 6.07) is 21.5. The first-order valence-corrected chi connectivity index (χ1v) is 14.3. The summed E-state index contributed by atoms with van der Waals surface area (Å²) in [4.78, 5) is 51.6. The van der Waals surface area contributed by atoms with Gasteiger partial charge in [-0.05, 0) is 77.1 Å². The Bertz CT molecular complexity index is 1860. The highest BCUT2D eigenvalue weighted by Gasteiger charge is 2.53. The summed E-state index contributed by atoms with van der Waals surface area (Å²) >= 11 is 0. The van der Waals surface area contributed by atoms with Crippen molar-refractivity contribution in [1.82, 2.24) is 0 Å². The smallest absolute Gasteiger partial charge is 0.340 e. The number of fused-ring (bicyclic) bond motifs is 6. The summed E-state index contributed by atoms with van der Waals surface area (Å²) in [5, 5.41) is 0. The first-order valence-electron chi connectivity index (χ1n) is 14.3. The predicted octanol–water partition coefficient (Wildman–Crippen LogP) is 7.04. The van der Waals surface area contributed by atoms with E-state index in [1.807, 2.05) is 6.92 Å². The first-order chi connectivity index (χ1) is 20.9.